The molecule has 0 N–H and O–H groups in total. The van der Waals surface area contributed by atoms with Crippen LogP contribution in [0.5, 0.6) is 0 Å². The SMILES string of the molecule is CCCCCCCC(=O)OCCCCOC(=O)CCCCCCC. The predicted molar refractivity (Wildman–Crippen MR) is 97.9 cm³/mol. The molecule has 4 heteroatoms. The third-order valence-electron chi connectivity index (χ3n) is 4.03. The third kappa shape index (κ3) is 17.3. The van der Waals surface area contributed by atoms with Gasteiger partial charge in [0, 0.05) is 12.8 Å². The van der Waals surface area contributed by atoms with Gasteiger partial charge in [-0.05, 0) is 25.7 Å². The van der Waals surface area contributed by atoms with Gasteiger partial charge in [-0.15, -0.1) is 0 Å². The van der Waals surface area contributed by atoms with E-state index in [2.05, 4.69) is 13.8 Å². The van der Waals surface area contributed by atoms with Crippen LogP contribution < -0.4 is 0 Å². The largest absolute Gasteiger partial charge is 0.466 e. The van der Waals surface area contributed by atoms with Crippen molar-refractivity contribution in [3.05, 3.63) is 0 Å². The summed E-state index contributed by atoms with van der Waals surface area (Å²) in [4.78, 5) is 23.0. The van der Waals surface area contributed by atoms with E-state index in [9.17, 15) is 9.59 Å². The van der Waals surface area contributed by atoms with Crippen molar-refractivity contribution in [2.24, 2.45) is 0 Å². The molecule has 0 atom stereocenters. The summed E-state index contributed by atoms with van der Waals surface area (Å²) >= 11 is 0. The van der Waals surface area contributed by atoms with E-state index < -0.39 is 0 Å². The minimum atomic E-state index is -0.101. The van der Waals surface area contributed by atoms with E-state index in [0.29, 0.717) is 26.1 Å². The van der Waals surface area contributed by atoms with E-state index in [1.165, 1.54) is 38.5 Å². The molecule has 0 saturated carbocycles. The summed E-state index contributed by atoms with van der Waals surface area (Å²) in [6.45, 7) is 5.23. The second-order valence-electron chi connectivity index (χ2n) is 6.48. The number of carbonyl (C=O) groups is 2. The van der Waals surface area contributed by atoms with Gasteiger partial charge in [-0.1, -0.05) is 65.2 Å². The Kier molecular flexibility index (Phi) is 17.5. The molecule has 0 aromatic rings. The van der Waals surface area contributed by atoms with Gasteiger partial charge in [-0.2, -0.15) is 0 Å². The Morgan fingerprint density at radius 2 is 0.917 bits per heavy atom. The molecule has 0 aliphatic rings. The lowest BCUT2D eigenvalue weighted by molar-refractivity contribution is -0.146. The number of hydrogen-bond donors (Lipinski definition) is 0. The zero-order valence-electron chi connectivity index (χ0n) is 15.9. The van der Waals surface area contributed by atoms with Crippen molar-refractivity contribution in [2.75, 3.05) is 13.2 Å². The molecule has 4 nitrogen and oxygen atoms in total. The molecule has 0 aromatic carbocycles. The minimum Gasteiger partial charge on any atom is -0.466 e. The van der Waals surface area contributed by atoms with Crippen LogP contribution in [0.15, 0.2) is 0 Å². The summed E-state index contributed by atoms with van der Waals surface area (Å²) < 4.78 is 10.4. The zero-order chi connectivity index (χ0) is 17.9. The highest BCUT2D eigenvalue weighted by molar-refractivity contribution is 5.69. The van der Waals surface area contributed by atoms with E-state index >= 15 is 0 Å². The Hall–Kier alpha value is -1.06. The van der Waals surface area contributed by atoms with Crippen molar-refractivity contribution in [1.29, 1.82) is 0 Å². The van der Waals surface area contributed by atoms with Gasteiger partial charge >= 0.3 is 11.9 Å². The summed E-state index contributed by atoms with van der Waals surface area (Å²) in [6.07, 6.45) is 13.9. The first-order valence-corrected chi connectivity index (χ1v) is 10.0. The monoisotopic (exact) mass is 342 g/mol. The summed E-state index contributed by atoms with van der Waals surface area (Å²) in [5.41, 5.74) is 0. The topological polar surface area (TPSA) is 52.6 Å². The Bertz CT molecular complexity index is 272. The number of ether oxygens (including phenoxy) is 2. The smallest absolute Gasteiger partial charge is 0.305 e. The molecule has 0 rings (SSSR count). The first-order chi connectivity index (χ1) is 11.7. The van der Waals surface area contributed by atoms with Crippen LogP contribution >= 0.6 is 0 Å². The summed E-state index contributed by atoms with van der Waals surface area (Å²) in [5, 5.41) is 0. The first-order valence-electron chi connectivity index (χ1n) is 10.0. The molecule has 142 valence electrons. The van der Waals surface area contributed by atoms with Gasteiger partial charge in [0.2, 0.25) is 0 Å². The molecule has 0 unspecified atom stereocenters. The lowest BCUT2D eigenvalue weighted by Crippen LogP contribution is -2.08. The van der Waals surface area contributed by atoms with Crippen LogP contribution in [-0.2, 0) is 19.1 Å². The van der Waals surface area contributed by atoms with Crippen LogP contribution in [0, 0.1) is 0 Å². The lowest BCUT2D eigenvalue weighted by Gasteiger charge is -2.06. The Morgan fingerprint density at radius 1 is 0.542 bits per heavy atom. The zero-order valence-corrected chi connectivity index (χ0v) is 15.9. The summed E-state index contributed by atoms with van der Waals surface area (Å²) in [7, 11) is 0. The van der Waals surface area contributed by atoms with Gasteiger partial charge in [0.25, 0.3) is 0 Å². The predicted octanol–water partition coefficient (Wildman–Crippen LogP) is 5.57. The van der Waals surface area contributed by atoms with Crippen molar-refractivity contribution in [3.8, 4) is 0 Å². The van der Waals surface area contributed by atoms with Gasteiger partial charge in [-0.25, -0.2) is 0 Å². The maximum absolute atomic E-state index is 11.5. The molecular formula is C20H38O4. The molecule has 0 fully saturated rings. The Balaban J connectivity index is 3.28. The van der Waals surface area contributed by atoms with E-state index in [1.807, 2.05) is 0 Å². The normalized spacial score (nSPS) is 10.6. The molecule has 0 aromatic heterocycles. The molecular weight excluding hydrogens is 304 g/mol. The van der Waals surface area contributed by atoms with Crippen LogP contribution in [0.2, 0.25) is 0 Å². The van der Waals surface area contributed by atoms with Crippen molar-refractivity contribution >= 4 is 11.9 Å². The molecule has 0 saturated heterocycles. The molecule has 0 aliphatic carbocycles. The fraction of sp³-hybridized carbons (Fsp3) is 0.900. The van der Waals surface area contributed by atoms with Crippen LogP contribution in [0.1, 0.15) is 104 Å². The van der Waals surface area contributed by atoms with Crippen molar-refractivity contribution in [2.45, 2.75) is 104 Å². The fourth-order valence-electron chi connectivity index (χ4n) is 2.47. The Labute approximate surface area is 148 Å². The molecule has 0 spiro atoms. The van der Waals surface area contributed by atoms with Gasteiger partial charge in [0.15, 0.2) is 0 Å². The van der Waals surface area contributed by atoms with Gasteiger partial charge in [0.1, 0.15) is 0 Å². The molecule has 0 amide bonds. The Morgan fingerprint density at radius 3 is 1.29 bits per heavy atom. The average molecular weight is 343 g/mol. The number of hydrogen-bond acceptors (Lipinski definition) is 4. The standard InChI is InChI=1S/C20H38O4/c1-3-5-7-9-11-15-19(21)23-17-13-14-18-24-20(22)16-12-10-8-6-4-2/h3-18H2,1-2H3. The quantitative estimate of drug-likeness (QED) is 0.256. The molecule has 0 aliphatic heterocycles. The van der Waals surface area contributed by atoms with Crippen LogP contribution in [-0.4, -0.2) is 25.2 Å². The average Bonchev–Trinajstić information content (AvgIpc) is 2.57. The second kappa shape index (κ2) is 18.3. The second-order valence-corrected chi connectivity index (χ2v) is 6.48. The highest BCUT2D eigenvalue weighted by Gasteiger charge is 2.04. The molecule has 0 bridgehead atoms. The molecule has 0 heterocycles. The van der Waals surface area contributed by atoms with Crippen molar-refractivity contribution in [3.63, 3.8) is 0 Å². The van der Waals surface area contributed by atoms with Crippen LogP contribution in [0.4, 0.5) is 0 Å². The number of rotatable bonds is 17. The van der Waals surface area contributed by atoms with Crippen molar-refractivity contribution in [1.82, 2.24) is 0 Å². The van der Waals surface area contributed by atoms with E-state index in [4.69, 9.17) is 9.47 Å². The lowest BCUT2D eigenvalue weighted by atomic mass is 10.1. The van der Waals surface area contributed by atoms with Gasteiger partial charge in [-0.3, -0.25) is 9.59 Å². The maximum atomic E-state index is 11.5. The summed E-state index contributed by atoms with van der Waals surface area (Å²) in [5.74, 6) is -0.203. The summed E-state index contributed by atoms with van der Waals surface area (Å²) in [6, 6.07) is 0. The minimum absolute atomic E-state index is 0.101. The van der Waals surface area contributed by atoms with E-state index in [0.717, 1.165) is 38.5 Å². The van der Waals surface area contributed by atoms with Crippen LogP contribution in [0.3, 0.4) is 0 Å². The third-order valence-corrected chi connectivity index (χ3v) is 4.03. The maximum Gasteiger partial charge on any atom is 0.305 e. The van der Waals surface area contributed by atoms with Crippen molar-refractivity contribution < 1.29 is 19.1 Å². The van der Waals surface area contributed by atoms with Gasteiger partial charge < -0.3 is 9.47 Å². The highest BCUT2D eigenvalue weighted by atomic mass is 16.5. The van der Waals surface area contributed by atoms with Gasteiger partial charge in [0.05, 0.1) is 13.2 Å². The molecule has 0 radical (unpaired) electrons. The number of unbranched alkanes of at least 4 members (excludes halogenated alkanes) is 9. The van der Waals surface area contributed by atoms with Crippen LogP contribution in [0.25, 0.3) is 0 Å². The number of carbonyl (C=O) groups excluding carboxylic acids is 2. The number of esters is 2. The molecule has 24 heavy (non-hydrogen) atoms. The fourth-order valence-corrected chi connectivity index (χ4v) is 2.47. The first kappa shape index (κ1) is 22.9. The van der Waals surface area contributed by atoms with E-state index in [1.54, 1.807) is 0 Å². The highest BCUT2D eigenvalue weighted by Crippen LogP contribution is 2.07. The van der Waals surface area contributed by atoms with E-state index in [-0.39, 0.29) is 11.9 Å².